The van der Waals surface area contributed by atoms with Gasteiger partial charge in [-0.2, -0.15) is 0 Å². The molecule has 8 heteroatoms. The second-order valence-electron chi connectivity index (χ2n) is 7.29. The molecule has 3 heterocycles. The van der Waals surface area contributed by atoms with Crippen molar-refractivity contribution < 1.29 is 9.47 Å². The Labute approximate surface area is 170 Å². The smallest absolute Gasteiger partial charge is 0.134 e. The zero-order chi connectivity index (χ0) is 20.2. The van der Waals surface area contributed by atoms with Gasteiger partial charge in [0.2, 0.25) is 0 Å². The summed E-state index contributed by atoms with van der Waals surface area (Å²) in [7, 11) is 0. The highest BCUT2D eigenvalue weighted by Crippen LogP contribution is 2.37. The van der Waals surface area contributed by atoms with Crippen LogP contribution in [0.4, 0.5) is 17.2 Å². The lowest BCUT2D eigenvalue weighted by Crippen LogP contribution is -2.46. The van der Waals surface area contributed by atoms with Gasteiger partial charge in [-0.3, -0.25) is 0 Å². The Hall–Kier alpha value is -2.68. The molecular weight excluding hydrogens is 368 g/mol. The molecule has 0 spiro atoms. The largest absolute Gasteiger partial charge is 0.383 e. The number of nitrogens with one attached hydrogen (secondary N) is 1. The summed E-state index contributed by atoms with van der Waals surface area (Å²) in [5.41, 5.74) is 16.7. The number of hydrogen-bond donors (Lipinski definition) is 3. The van der Waals surface area contributed by atoms with Crippen molar-refractivity contribution in [3.8, 4) is 11.1 Å². The molecule has 2 fully saturated rings. The van der Waals surface area contributed by atoms with Crippen LogP contribution >= 0.6 is 0 Å². The number of morpholine rings is 2. The molecule has 2 aromatic rings. The highest BCUT2D eigenvalue weighted by Gasteiger charge is 2.25. The first-order chi connectivity index (χ1) is 14.2. The number of anilines is 3. The minimum absolute atomic E-state index is 0.0377. The summed E-state index contributed by atoms with van der Waals surface area (Å²) in [6.45, 7) is 5.67. The van der Waals surface area contributed by atoms with Crippen molar-refractivity contribution in [3.63, 3.8) is 0 Å². The van der Waals surface area contributed by atoms with Crippen LogP contribution < -0.4 is 21.3 Å². The van der Waals surface area contributed by atoms with Gasteiger partial charge < -0.3 is 36.2 Å². The van der Waals surface area contributed by atoms with E-state index in [4.69, 9.17) is 26.4 Å². The molecule has 4 rings (SSSR count). The number of nitrogens with two attached hydrogens (primary N) is 2. The topological polar surface area (TPSA) is 114 Å². The molecule has 1 atom stereocenters. The van der Waals surface area contributed by atoms with Crippen LogP contribution in [0, 0.1) is 5.41 Å². The number of aromatic nitrogens is 1. The quantitative estimate of drug-likeness (QED) is 0.653. The summed E-state index contributed by atoms with van der Waals surface area (Å²) >= 11 is 0. The number of pyridine rings is 1. The van der Waals surface area contributed by atoms with Crippen LogP contribution in [-0.4, -0.2) is 69.8 Å². The molecule has 2 saturated heterocycles. The van der Waals surface area contributed by atoms with E-state index in [0.717, 1.165) is 55.3 Å². The van der Waals surface area contributed by atoms with Gasteiger partial charge in [0.05, 0.1) is 37.2 Å². The minimum atomic E-state index is -0.0377. The third-order valence-corrected chi connectivity index (χ3v) is 5.51. The summed E-state index contributed by atoms with van der Waals surface area (Å²) in [5, 5.41) is 7.95. The maximum Gasteiger partial charge on any atom is 0.134 e. The normalized spacial score (nSPS) is 20.0. The van der Waals surface area contributed by atoms with Crippen LogP contribution in [0.3, 0.4) is 0 Å². The fourth-order valence-corrected chi connectivity index (χ4v) is 3.98. The van der Waals surface area contributed by atoms with E-state index in [1.54, 1.807) is 0 Å². The first kappa shape index (κ1) is 19.6. The van der Waals surface area contributed by atoms with E-state index in [2.05, 4.69) is 39.0 Å². The van der Waals surface area contributed by atoms with Crippen LogP contribution in [0.15, 0.2) is 30.5 Å². The van der Waals surface area contributed by atoms with Gasteiger partial charge >= 0.3 is 0 Å². The van der Waals surface area contributed by atoms with Gasteiger partial charge in [0.15, 0.2) is 0 Å². The van der Waals surface area contributed by atoms with Crippen molar-refractivity contribution >= 4 is 23.4 Å². The number of ether oxygens (including phenoxy) is 2. The molecule has 0 amide bonds. The zero-order valence-corrected chi connectivity index (χ0v) is 16.5. The molecule has 1 aromatic carbocycles. The Bertz CT molecular complexity index is 868. The van der Waals surface area contributed by atoms with Crippen molar-refractivity contribution in [1.29, 1.82) is 5.41 Å². The van der Waals surface area contributed by atoms with Crippen LogP contribution in [0.5, 0.6) is 0 Å². The standard InChI is InChI=1S/C21H28N6O2/c22-11-17-14-27(6-9-29-17)20-18(12-23)21(24)25-13-19(20)15-2-1-3-16(10-15)26-4-7-28-8-5-26/h1-3,10,12-13,17,23H,4-9,11,14,22H2,(H2,24,25). The van der Waals surface area contributed by atoms with Crippen LogP contribution in [0.25, 0.3) is 11.1 Å². The maximum atomic E-state index is 7.95. The highest BCUT2D eigenvalue weighted by molar-refractivity contribution is 5.98. The zero-order valence-electron chi connectivity index (χ0n) is 16.5. The second kappa shape index (κ2) is 8.77. The molecular formula is C21H28N6O2. The first-order valence-corrected chi connectivity index (χ1v) is 10.00. The number of hydrogen-bond acceptors (Lipinski definition) is 8. The Morgan fingerprint density at radius 3 is 2.72 bits per heavy atom. The van der Waals surface area contributed by atoms with Gasteiger partial charge in [-0.15, -0.1) is 0 Å². The Kier molecular flexibility index (Phi) is 5.94. The van der Waals surface area contributed by atoms with E-state index in [9.17, 15) is 0 Å². The summed E-state index contributed by atoms with van der Waals surface area (Å²) in [4.78, 5) is 8.92. The molecule has 1 unspecified atom stereocenters. The van der Waals surface area contributed by atoms with Crippen LogP contribution in [0.2, 0.25) is 0 Å². The number of rotatable bonds is 5. The molecule has 1 aromatic heterocycles. The molecule has 0 saturated carbocycles. The lowest BCUT2D eigenvalue weighted by atomic mass is 10.00. The van der Waals surface area contributed by atoms with Crippen molar-refractivity contribution in [3.05, 3.63) is 36.0 Å². The minimum Gasteiger partial charge on any atom is -0.383 e. The van der Waals surface area contributed by atoms with Crippen LogP contribution in [-0.2, 0) is 9.47 Å². The summed E-state index contributed by atoms with van der Waals surface area (Å²) in [6.07, 6.45) is 3.06. The first-order valence-electron chi connectivity index (χ1n) is 10.00. The van der Waals surface area contributed by atoms with Gasteiger partial charge in [0.1, 0.15) is 5.82 Å². The number of nitrogens with zero attached hydrogens (tertiary/aromatic N) is 3. The van der Waals surface area contributed by atoms with Crippen molar-refractivity contribution in [2.45, 2.75) is 6.10 Å². The predicted molar refractivity (Wildman–Crippen MR) is 116 cm³/mol. The molecule has 8 nitrogen and oxygen atoms in total. The molecule has 5 N–H and O–H groups in total. The predicted octanol–water partition coefficient (Wildman–Crippen LogP) is 1.33. The fourth-order valence-electron chi connectivity index (χ4n) is 3.98. The van der Waals surface area contributed by atoms with Gasteiger partial charge in [0.25, 0.3) is 0 Å². The lowest BCUT2D eigenvalue weighted by molar-refractivity contribution is 0.0466. The Morgan fingerprint density at radius 2 is 1.97 bits per heavy atom. The van der Waals surface area contributed by atoms with Crippen molar-refractivity contribution in [1.82, 2.24) is 4.98 Å². The molecule has 2 aliphatic rings. The van der Waals surface area contributed by atoms with Crippen LogP contribution in [0.1, 0.15) is 5.56 Å². The van der Waals surface area contributed by atoms with Gasteiger partial charge in [-0.1, -0.05) is 12.1 Å². The van der Waals surface area contributed by atoms with Gasteiger partial charge in [-0.25, -0.2) is 4.98 Å². The molecule has 0 radical (unpaired) electrons. The van der Waals surface area contributed by atoms with E-state index in [1.165, 1.54) is 6.21 Å². The highest BCUT2D eigenvalue weighted by atomic mass is 16.5. The Morgan fingerprint density at radius 1 is 1.17 bits per heavy atom. The fraction of sp³-hybridized carbons (Fsp3) is 0.429. The van der Waals surface area contributed by atoms with Crippen molar-refractivity contribution in [2.75, 3.05) is 68.1 Å². The number of benzene rings is 1. The molecule has 2 aliphatic heterocycles. The number of nitrogen functional groups attached to an aromatic ring is 1. The molecule has 0 aliphatic carbocycles. The average Bonchev–Trinajstić information content (AvgIpc) is 2.79. The third kappa shape index (κ3) is 4.05. The van der Waals surface area contributed by atoms with Gasteiger partial charge in [0, 0.05) is 56.4 Å². The monoisotopic (exact) mass is 396 g/mol. The Balaban J connectivity index is 1.77. The van der Waals surface area contributed by atoms with E-state index < -0.39 is 0 Å². The van der Waals surface area contributed by atoms with Crippen molar-refractivity contribution in [2.24, 2.45) is 5.73 Å². The SMILES string of the molecule is N=Cc1c(N)ncc(-c2cccc(N3CCOCC3)c2)c1N1CCOC(CN)C1. The van der Waals surface area contributed by atoms with E-state index in [-0.39, 0.29) is 6.10 Å². The summed E-state index contributed by atoms with van der Waals surface area (Å²) in [6, 6.07) is 8.44. The maximum absolute atomic E-state index is 7.95. The van der Waals surface area contributed by atoms with E-state index in [0.29, 0.717) is 31.1 Å². The average molecular weight is 396 g/mol. The lowest BCUT2D eigenvalue weighted by Gasteiger charge is -2.36. The second-order valence-corrected chi connectivity index (χ2v) is 7.29. The van der Waals surface area contributed by atoms with Gasteiger partial charge in [-0.05, 0) is 17.7 Å². The summed E-state index contributed by atoms with van der Waals surface area (Å²) in [5.74, 6) is 0.360. The molecule has 154 valence electrons. The van der Waals surface area contributed by atoms with E-state index >= 15 is 0 Å². The van der Waals surface area contributed by atoms with E-state index in [1.807, 2.05) is 6.20 Å². The third-order valence-electron chi connectivity index (χ3n) is 5.51. The molecule has 0 bridgehead atoms. The summed E-state index contributed by atoms with van der Waals surface area (Å²) < 4.78 is 11.2. The molecule has 29 heavy (non-hydrogen) atoms.